The van der Waals surface area contributed by atoms with E-state index in [0.29, 0.717) is 17.0 Å². The number of hydrogen-bond acceptors (Lipinski definition) is 5. The minimum absolute atomic E-state index is 0.0507. The maximum Gasteiger partial charge on any atom is 0.453 e. The van der Waals surface area contributed by atoms with E-state index < -0.39 is 12.0 Å². The van der Waals surface area contributed by atoms with Gasteiger partial charge in [-0.25, -0.2) is 4.68 Å². The first-order valence-electron chi connectivity index (χ1n) is 5.50. The van der Waals surface area contributed by atoms with Crippen molar-refractivity contribution in [2.45, 2.75) is 36.7 Å². The molecule has 0 bridgehead atoms. The monoisotopic (exact) mass is 282 g/mol. The van der Waals surface area contributed by atoms with Gasteiger partial charge in [-0.15, -0.1) is 10.2 Å². The number of nitrogen functional groups attached to an aromatic ring is 1. The maximum absolute atomic E-state index is 12.4. The first-order valence-corrected chi connectivity index (χ1v) is 6.49. The summed E-state index contributed by atoms with van der Waals surface area (Å²) < 4.78 is 43.2. The van der Waals surface area contributed by atoms with Gasteiger partial charge in [0.05, 0.1) is 6.10 Å². The lowest BCUT2D eigenvalue weighted by atomic mass is 10.1. The van der Waals surface area contributed by atoms with Crippen LogP contribution in [0.5, 0.6) is 0 Å². The quantitative estimate of drug-likeness (QED) is 0.675. The number of halogens is 3. The van der Waals surface area contributed by atoms with Crippen LogP contribution in [0.2, 0.25) is 0 Å². The van der Waals surface area contributed by atoms with E-state index in [4.69, 9.17) is 10.6 Å². The van der Waals surface area contributed by atoms with Crippen molar-refractivity contribution in [2.75, 3.05) is 18.2 Å². The van der Waals surface area contributed by atoms with Crippen LogP contribution in [0.1, 0.15) is 25.1 Å². The Morgan fingerprint density at radius 1 is 1.39 bits per heavy atom. The van der Waals surface area contributed by atoms with Crippen LogP contribution in [0.15, 0.2) is 5.16 Å². The van der Waals surface area contributed by atoms with Crippen molar-refractivity contribution >= 4 is 11.8 Å². The average molecular weight is 282 g/mol. The summed E-state index contributed by atoms with van der Waals surface area (Å²) in [5.41, 5.74) is 0. The Kier molecular flexibility index (Phi) is 4.00. The molecule has 0 aromatic carbocycles. The fraction of sp³-hybridized carbons (Fsp3) is 0.778. The van der Waals surface area contributed by atoms with Crippen LogP contribution in [0.3, 0.4) is 0 Å². The van der Waals surface area contributed by atoms with Crippen LogP contribution in [-0.2, 0) is 10.9 Å². The molecular weight excluding hydrogens is 269 g/mol. The number of ether oxygens (including phenoxy) is 1. The number of nitrogens with two attached hydrogens (primary N) is 1. The fourth-order valence-electron chi connectivity index (χ4n) is 1.68. The van der Waals surface area contributed by atoms with Crippen LogP contribution >= 0.6 is 11.8 Å². The Balaban J connectivity index is 1.95. The van der Waals surface area contributed by atoms with Gasteiger partial charge in [0.2, 0.25) is 5.16 Å². The summed E-state index contributed by atoms with van der Waals surface area (Å²) in [5.74, 6) is 4.66. The molecule has 2 rings (SSSR count). The molecule has 0 spiro atoms. The zero-order valence-electron chi connectivity index (χ0n) is 9.48. The summed E-state index contributed by atoms with van der Waals surface area (Å²) >= 11 is 1.13. The van der Waals surface area contributed by atoms with Crippen LogP contribution in [0.4, 0.5) is 13.2 Å². The van der Waals surface area contributed by atoms with Crippen molar-refractivity contribution in [1.82, 2.24) is 14.9 Å². The summed E-state index contributed by atoms with van der Waals surface area (Å²) in [6, 6.07) is 0. The Labute approximate surface area is 106 Å². The fourth-order valence-corrected chi connectivity index (χ4v) is 2.60. The number of hydrogen-bond donors (Lipinski definition) is 1. The molecule has 0 amide bonds. The lowest BCUT2D eigenvalue weighted by molar-refractivity contribution is -0.146. The van der Waals surface area contributed by atoms with Crippen molar-refractivity contribution in [3.63, 3.8) is 0 Å². The van der Waals surface area contributed by atoms with Crippen LogP contribution in [0, 0.1) is 0 Å². The van der Waals surface area contributed by atoms with Crippen molar-refractivity contribution in [3.05, 3.63) is 5.82 Å². The second-order valence-corrected chi connectivity index (χ2v) is 4.96. The predicted octanol–water partition coefficient (Wildman–Crippen LogP) is 1.67. The first kappa shape index (κ1) is 13.5. The van der Waals surface area contributed by atoms with E-state index in [1.807, 2.05) is 0 Å². The highest BCUT2D eigenvalue weighted by Crippen LogP contribution is 2.29. The van der Waals surface area contributed by atoms with Crippen molar-refractivity contribution in [3.8, 4) is 0 Å². The van der Waals surface area contributed by atoms with Gasteiger partial charge in [0.1, 0.15) is 0 Å². The summed E-state index contributed by atoms with van der Waals surface area (Å²) in [7, 11) is 0. The van der Waals surface area contributed by atoms with Gasteiger partial charge >= 0.3 is 6.18 Å². The third-order valence-electron chi connectivity index (χ3n) is 2.59. The zero-order valence-corrected chi connectivity index (χ0v) is 10.3. The molecule has 0 radical (unpaired) electrons. The van der Waals surface area contributed by atoms with Gasteiger partial charge in [-0.2, -0.15) is 13.2 Å². The van der Waals surface area contributed by atoms with E-state index in [0.717, 1.165) is 31.0 Å². The van der Waals surface area contributed by atoms with Crippen molar-refractivity contribution < 1.29 is 17.9 Å². The Morgan fingerprint density at radius 2 is 2.17 bits per heavy atom. The van der Waals surface area contributed by atoms with E-state index in [-0.39, 0.29) is 11.3 Å². The summed E-state index contributed by atoms with van der Waals surface area (Å²) in [6.07, 6.45) is -1.50. The SMILES string of the molecule is Nn1c(SCC2CCCCO2)nnc1C(F)(F)F. The predicted molar refractivity (Wildman–Crippen MR) is 59.5 cm³/mol. The topological polar surface area (TPSA) is 66.0 Å². The second-order valence-electron chi connectivity index (χ2n) is 3.97. The van der Waals surface area contributed by atoms with E-state index in [1.165, 1.54) is 0 Å². The minimum atomic E-state index is -4.58. The van der Waals surface area contributed by atoms with Gasteiger partial charge in [-0.3, -0.25) is 0 Å². The third-order valence-corrected chi connectivity index (χ3v) is 3.67. The molecule has 0 aliphatic carbocycles. The molecule has 2 N–H and O–H groups in total. The Morgan fingerprint density at radius 3 is 2.72 bits per heavy atom. The summed E-state index contributed by atoms with van der Waals surface area (Å²) in [4.78, 5) is 0. The molecule has 1 atom stereocenters. The number of rotatable bonds is 3. The second kappa shape index (κ2) is 5.35. The highest BCUT2D eigenvalue weighted by atomic mass is 32.2. The Hall–Kier alpha value is -0.960. The van der Waals surface area contributed by atoms with Crippen molar-refractivity contribution in [1.29, 1.82) is 0 Å². The third kappa shape index (κ3) is 3.08. The zero-order chi connectivity index (χ0) is 13.2. The Bertz CT molecular complexity index is 403. The van der Waals surface area contributed by atoms with Crippen molar-refractivity contribution in [2.24, 2.45) is 0 Å². The molecule has 9 heteroatoms. The van der Waals surface area contributed by atoms with Gasteiger partial charge in [-0.1, -0.05) is 11.8 Å². The van der Waals surface area contributed by atoms with Crippen LogP contribution in [-0.4, -0.2) is 33.3 Å². The highest BCUT2D eigenvalue weighted by Gasteiger charge is 2.38. The minimum Gasteiger partial charge on any atom is -0.377 e. The largest absolute Gasteiger partial charge is 0.453 e. The molecule has 1 aliphatic rings. The van der Waals surface area contributed by atoms with E-state index in [2.05, 4.69) is 10.2 Å². The maximum atomic E-state index is 12.4. The van der Waals surface area contributed by atoms with E-state index >= 15 is 0 Å². The molecular formula is C9H13F3N4OS. The van der Waals surface area contributed by atoms with Gasteiger partial charge in [-0.05, 0) is 19.3 Å². The van der Waals surface area contributed by atoms with Crippen LogP contribution < -0.4 is 5.84 Å². The molecule has 2 heterocycles. The highest BCUT2D eigenvalue weighted by molar-refractivity contribution is 7.99. The molecule has 102 valence electrons. The van der Waals surface area contributed by atoms with Gasteiger partial charge in [0.15, 0.2) is 0 Å². The first-order chi connectivity index (χ1) is 8.48. The standard InChI is InChI=1S/C9H13F3N4OS/c10-9(11,12)7-14-15-8(16(7)13)18-5-6-3-1-2-4-17-6/h6H,1-5,13H2. The summed E-state index contributed by atoms with van der Waals surface area (Å²) in [6.45, 7) is 0.703. The lowest BCUT2D eigenvalue weighted by Gasteiger charge is -2.21. The number of alkyl halides is 3. The van der Waals surface area contributed by atoms with E-state index in [1.54, 1.807) is 0 Å². The average Bonchev–Trinajstić information content (AvgIpc) is 2.69. The summed E-state index contributed by atoms with van der Waals surface area (Å²) in [5, 5.41) is 6.55. The molecule has 1 fully saturated rings. The van der Waals surface area contributed by atoms with Crippen LogP contribution in [0.25, 0.3) is 0 Å². The molecule has 1 unspecified atom stereocenters. The molecule has 0 saturated carbocycles. The molecule has 18 heavy (non-hydrogen) atoms. The molecule has 1 saturated heterocycles. The number of aromatic nitrogens is 3. The molecule has 1 aromatic rings. The number of thioether (sulfide) groups is 1. The number of nitrogens with zero attached hydrogens (tertiary/aromatic N) is 3. The van der Waals surface area contributed by atoms with Gasteiger partial charge < -0.3 is 10.6 Å². The lowest BCUT2D eigenvalue weighted by Crippen LogP contribution is -2.23. The molecule has 5 nitrogen and oxygen atoms in total. The van der Waals surface area contributed by atoms with E-state index in [9.17, 15) is 13.2 Å². The normalized spacial score (nSPS) is 21.2. The molecule has 1 aromatic heterocycles. The van der Waals surface area contributed by atoms with Gasteiger partial charge in [0, 0.05) is 12.4 Å². The molecule has 1 aliphatic heterocycles. The van der Waals surface area contributed by atoms with Gasteiger partial charge in [0.25, 0.3) is 5.82 Å². The smallest absolute Gasteiger partial charge is 0.377 e.